The number of carbonyl (C=O) groups excluding carboxylic acids is 2. The van der Waals surface area contributed by atoms with Crippen molar-refractivity contribution in [3.05, 3.63) is 78.3 Å². The highest BCUT2D eigenvalue weighted by Gasteiger charge is 2.15. The number of para-hydroxylation sites is 2. The maximum Gasteiger partial charge on any atom is 0.331 e. The van der Waals surface area contributed by atoms with Crippen molar-refractivity contribution in [3.63, 3.8) is 0 Å². The Bertz CT molecular complexity index is 946. The van der Waals surface area contributed by atoms with E-state index in [0.717, 1.165) is 15.9 Å². The SMILES string of the molecule is C=CCN(C(=O)COC(=O)/C=C/c1nc2ccccc2s1)c1ccccc1. The van der Waals surface area contributed by atoms with Crippen LogP contribution in [-0.4, -0.2) is 30.0 Å². The van der Waals surface area contributed by atoms with Crippen LogP contribution in [0, 0.1) is 0 Å². The fourth-order valence-corrected chi connectivity index (χ4v) is 3.32. The molecule has 27 heavy (non-hydrogen) atoms. The van der Waals surface area contributed by atoms with Gasteiger partial charge in [0.25, 0.3) is 5.91 Å². The maximum atomic E-state index is 12.4. The number of rotatable bonds is 7. The topological polar surface area (TPSA) is 59.5 Å². The second-order valence-electron chi connectivity index (χ2n) is 5.59. The largest absolute Gasteiger partial charge is 0.452 e. The summed E-state index contributed by atoms with van der Waals surface area (Å²) in [4.78, 5) is 30.2. The van der Waals surface area contributed by atoms with E-state index >= 15 is 0 Å². The number of hydrogen-bond acceptors (Lipinski definition) is 5. The van der Waals surface area contributed by atoms with Crippen LogP contribution in [0.25, 0.3) is 16.3 Å². The summed E-state index contributed by atoms with van der Waals surface area (Å²) in [6, 6.07) is 16.9. The lowest BCUT2D eigenvalue weighted by Crippen LogP contribution is -2.34. The first-order valence-corrected chi connectivity index (χ1v) is 9.16. The zero-order valence-electron chi connectivity index (χ0n) is 14.6. The number of ether oxygens (including phenoxy) is 1. The van der Waals surface area contributed by atoms with Gasteiger partial charge in [-0.1, -0.05) is 36.4 Å². The van der Waals surface area contributed by atoms with E-state index < -0.39 is 5.97 Å². The van der Waals surface area contributed by atoms with Gasteiger partial charge in [0.2, 0.25) is 0 Å². The van der Waals surface area contributed by atoms with E-state index in [2.05, 4.69) is 11.6 Å². The third kappa shape index (κ3) is 4.89. The molecule has 0 N–H and O–H groups in total. The van der Waals surface area contributed by atoms with Gasteiger partial charge in [0, 0.05) is 18.3 Å². The zero-order chi connectivity index (χ0) is 19.1. The number of thiazole rings is 1. The molecule has 136 valence electrons. The monoisotopic (exact) mass is 378 g/mol. The Morgan fingerprint density at radius 2 is 1.85 bits per heavy atom. The number of anilines is 1. The van der Waals surface area contributed by atoms with Crippen molar-refractivity contribution < 1.29 is 14.3 Å². The lowest BCUT2D eigenvalue weighted by atomic mass is 10.3. The minimum atomic E-state index is -0.589. The molecule has 0 bridgehead atoms. The third-order valence-corrected chi connectivity index (χ3v) is 4.69. The second kappa shape index (κ2) is 8.91. The summed E-state index contributed by atoms with van der Waals surface area (Å²) < 4.78 is 6.12. The van der Waals surface area contributed by atoms with E-state index in [-0.39, 0.29) is 12.5 Å². The first kappa shape index (κ1) is 18.5. The number of amides is 1. The molecule has 0 aliphatic rings. The van der Waals surface area contributed by atoms with Gasteiger partial charge in [0.15, 0.2) is 6.61 Å². The first-order chi connectivity index (χ1) is 13.2. The number of esters is 1. The maximum absolute atomic E-state index is 12.4. The molecule has 0 radical (unpaired) electrons. The van der Waals surface area contributed by atoms with Gasteiger partial charge in [-0.3, -0.25) is 4.79 Å². The molecule has 0 fully saturated rings. The van der Waals surface area contributed by atoms with E-state index in [1.54, 1.807) is 12.2 Å². The normalized spacial score (nSPS) is 10.8. The predicted molar refractivity (Wildman–Crippen MR) is 109 cm³/mol. The lowest BCUT2D eigenvalue weighted by molar-refractivity contribution is -0.142. The molecule has 2 aromatic carbocycles. The summed E-state index contributed by atoms with van der Waals surface area (Å²) in [6.07, 6.45) is 4.50. The van der Waals surface area contributed by atoms with Crippen molar-refractivity contribution in [1.29, 1.82) is 0 Å². The van der Waals surface area contributed by atoms with Crippen molar-refractivity contribution >= 4 is 45.2 Å². The van der Waals surface area contributed by atoms with E-state index in [1.807, 2.05) is 54.6 Å². The van der Waals surface area contributed by atoms with Crippen LogP contribution in [0.15, 0.2) is 73.3 Å². The highest BCUT2D eigenvalue weighted by molar-refractivity contribution is 7.19. The molecule has 0 atom stereocenters. The van der Waals surface area contributed by atoms with Gasteiger partial charge in [-0.2, -0.15) is 0 Å². The van der Waals surface area contributed by atoms with Crippen LogP contribution in [0.2, 0.25) is 0 Å². The molecule has 1 heterocycles. The Labute approximate surface area is 161 Å². The molecule has 5 nitrogen and oxygen atoms in total. The Balaban J connectivity index is 1.58. The summed E-state index contributed by atoms with van der Waals surface area (Å²) >= 11 is 1.48. The average molecular weight is 378 g/mol. The van der Waals surface area contributed by atoms with Gasteiger partial charge in [-0.25, -0.2) is 9.78 Å². The lowest BCUT2D eigenvalue weighted by Gasteiger charge is -2.20. The van der Waals surface area contributed by atoms with Gasteiger partial charge >= 0.3 is 5.97 Å². The number of hydrogen-bond donors (Lipinski definition) is 0. The van der Waals surface area contributed by atoms with Crippen molar-refractivity contribution in [2.24, 2.45) is 0 Å². The number of carbonyl (C=O) groups is 2. The number of benzene rings is 2. The minimum absolute atomic E-state index is 0.317. The van der Waals surface area contributed by atoms with Gasteiger partial charge in [0.05, 0.1) is 10.2 Å². The van der Waals surface area contributed by atoms with Crippen LogP contribution < -0.4 is 4.90 Å². The van der Waals surface area contributed by atoms with E-state index in [0.29, 0.717) is 11.6 Å². The van der Waals surface area contributed by atoms with Crippen LogP contribution >= 0.6 is 11.3 Å². The highest BCUT2D eigenvalue weighted by Crippen LogP contribution is 2.22. The van der Waals surface area contributed by atoms with Crippen molar-refractivity contribution in [2.75, 3.05) is 18.1 Å². The fraction of sp³-hybridized carbons (Fsp3) is 0.0952. The van der Waals surface area contributed by atoms with Crippen molar-refractivity contribution in [3.8, 4) is 0 Å². The summed E-state index contributed by atoms with van der Waals surface area (Å²) in [7, 11) is 0. The zero-order valence-corrected chi connectivity index (χ0v) is 15.4. The number of nitrogens with zero attached hydrogens (tertiary/aromatic N) is 2. The van der Waals surface area contributed by atoms with Crippen LogP contribution in [-0.2, 0) is 14.3 Å². The summed E-state index contributed by atoms with van der Waals surface area (Å²) in [5.74, 6) is -0.906. The second-order valence-corrected chi connectivity index (χ2v) is 6.65. The molecular formula is C21H18N2O3S. The molecule has 3 aromatic rings. The Morgan fingerprint density at radius 1 is 1.11 bits per heavy atom. The molecule has 0 aliphatic heterocycles. The molecule has 0 aliphatic carbocycles. The molecule has 3 rings (SSSR count). The van der Waals surface area contributed by atoms with Gasteiger partial charge in [-0.15, -0.1) is 17.9 Å². The first-order valence-electron chi connectivity index (χ1n) is 8.34. The van der Waals surface area contributed by atoms with Crippen molar-refractivity contribution in [2.45, 2.75) is 0 Å². The number of fused-ring (bicyclic) bond motifs is 1. The van der Waals surface area contributed by atoms with E-state index in [4.69, 9.17) is 4.74 Å². The molecule has 0 saturated carbocycles. The summed E-state index contributed by atoms with van der Waals surface area (Å²) in [5.41, 5.74) is 1.61. The molecule has 0 saturated heterocycles. The average Bonchev–Trinajstić information content (AvgIpc) is 3.12. The van der Waals surface area contributed by atoms with E-state index in [1.165, 1.54) is 22.3 Å². The standard InChI is InChI=1S/C21H18N2O3S/c1-2-14-23(16-8-4-3-5-9-16)20(24)15-26-21(25)13-12-19-22-17-10-6-7-11-18(17)27-19/h2-13H,1,14-15H2/b13-12+. The molecule has 1 amide bonds. The Hall–Kier alpha value is -3.25. The van der Waals surface area contributed by atoms with Crippen LogP contribution in [0.3, 0.4) is 0 Å². The van der Waals surface area contributed by atoms with Crippen LogP contribution in [0.4, 0.5) is 5.69 Å². The summed E-state index contributed by atoms with van der Waals surface area (Å²) in [5, 5.41) is 0.706. The summed E-state index contributed by atoms with van der Waals surface area (Å²) in [6.45, 7) is 3.66. The molecule has 1 aromatic heterocycles. The fourth-order valence-electron chi connectivity index (χ4n) is 2.45. The molecule has 0 unspecified atom stereocenters. The third-order valence-electron chi connectivity index (χ3n) is 3.69. The van der Waals surface area contributed by atoms with Gasteiger partial charge in [0.1, 0.15) is 5.01 Å². The van der Waals surface area contributed by atoms with Crippen LogP contribution in [0.1, 0.15) is 5.01 Å². The molecule has 6 heteroatoms. The van der Waals surface area contributed by atoms with Gasteiger partial charge < -0.3 is 9.64 Å². The number of aromatic nitrogens is 1. The van der Waals surface area contributed by atoms with Crippen LogP contribution in [0.5, 0.6) is 0 Å². The quantitative estimate of drug-likeness (QED) is 0.353. The van der Waals surface area contributed by atoms with Crippen molar-refractivity contribution in [1.82, 2.24) is 4.98 Å². The smallest absolute Gasteiger partial charge is 0.331 e. The molecular weight excluding hydrogens is 360 g/mol. The Morgan fingerprint density at radius 3 is 2.59 bits per heavy atom. The highest BCUT2D eigenvalue weighted by atomic mass is 32.1. The predicted octanol–water partition coefficient (Wildman–Crippen LogP) is 4.07. The van der Waals surface area contributed by atoms with E-state index in [9.17, 15) is 9.59 Å². The van der Waals surface area contributed by atoms with Gasteiger partial charge in [-0.05, 0) is 30.3 Å². The minimum Gasteiger partial charge on any atom is -0.452 e. The Kier molecular flexibility index (Phi) is 6.12. The molecule has 0 spiro atoms.